The number of carbonyl (C=O) groups excluding carboxylic acids is 7. The van der Waals surface area contributed by atoms with Gasteiger partial charge in [-0.05, 0) is 25.8 Å². The van der Waals surface area contributed by atoms with Crippen molar-refractivity contribution in [2.75, 3.05) is 19.5 Å². The molecule has 0 aromatic heterocycles. The lowest BCUT2D eigenvalue weighted by Crippen LogP contribution is -2.53. The Morgan fingerprint density at radius 2 is 1.66 bits per heavy atom. The number of ether oxygens (including phenoxy) is 3. The second kappa shape index (κ2) is 21.7. The van der Waals surface area contributed by atoms with Crippen LogP contribution in [0.15, 0.2) is 23.3 Å². The number of rotatable bonds is 14. The van der Waals surface area contributed by atoms with E-state index in [1.165, 1.54) is 39.2 Å². The molecule has 0 saturated carbocycles. The predicted molar refractivity (Wildman–Crippen MR) is 221 cm³/mol. The standard InChI is InChI=1S/C35H43N5O13.C6H10O2S/c1-15-30(45)19(36)11-25(52-15)53-21-13-35(50,22(14-41)38-40-24(44)10-5-4-9-23(43)39-37-16(2)42)12-18-27(21)34(49)29-28(32(18)47)31(46)17-7-6-8-20(51-3)26(17)33(29)48;1-3-6(8)4-9-5(2)7/h6-8,15,19,21,25,30,41,45,47,49-50H,4-5,9-14,36H2,1-3H3,(H,37,42)(H,39,43)(H,40,44);3-4H2,1-2H3/b38-22-;/t15?,19?,21-,25?,30?,35-;/m0./s1. The number of fused-ring (bicyclic) bond motifs is 3. The van der Waals surface area contributed by atoms with Crippen LogP contribution in [0.1, 0.15) is 122 Å². The molecule has 2 aliphatic carbocycles. The minimum atomic E-state index is -2.18. The van der Waals surface area contributed by atoms with E-state index in [9.17, 15) is 59.1 Å². The van der Waals surface area contributed by atoms with Crippen molar-refractivity contribution >= 4 is 57.7 Å². The van der Waals surface area contributed by atoms with Crippen LogP contribution in [0.2, 0.25) is 0 Å². The summed E-state index contributed by atoms with van der Waals surface area (Å²) in [4.78, 5) is 83.9. The molecule has 1 fully saturated rings. The number of phenolic OH excluding ortho intramolecular Hbond substituents is 2. The van der Waals surface area contributed by atoms with Gasteiger partial charge in [0.1, 0.15) is 28.6 Å². The highest BCUT2D eigenvalue weighted by Crippen LogP contribution is 2.52. The van der Waals surface area contributed by atoms with Gasteiger partial charge in [0.15, 0.2) is 17.2 Å². The Morgan fingerprint density at radius 1 is 1.00 bits per heavy atom. The highest BCUT2D eigenvalue weighted by molar-refractivity contribution is 8.14. The zero-order chi connectivity index (χ0) is 46.1. The maximum Gasteiger partial charge on any atom is 0.240 e. The normalized spacial score (nSPS) is 22.8. The first-order chi connectivity index (χ1) is 29.3. The first-order valence-electron chi connectivity index (χ1n) is 19.8. The molecular formula is C41H53N5O15S. The number of benzene rings is 2. The summed E-state index contributed by atoms with van der Waals surface area (Å²) in [6.45, 7) is 5.17. The van der Waals surface area contributed by atoms with Crippen molar-refractivity contribution in [2.24, 2.45) is 10.8 Å². The first kappa shape index (κ1) is 49.4. The second-order valence-electron chi connectivity index (χ2n) is 14.9. The Balaban J connectivity index is 0.000000843. The number of unbranched alkanes of at least 4 members (excludes halogenated alkanes) is 1. The second-order valence-corrected chi connectivity index (χ2v) is 16.1. The highest BCUT2D eigenvalue weighted by atomic mass is 32.2. The van der Waals surface area contributed by atoms with E-state index in [1.54, 1.807) is 13.8 Å². The number of nitrogens with two attached hydrogens (primary N) is 1. The molecule has 1 heterocycles. The van der Waals surface area contributed by atoms with E-state index in [0.29, 0.717) is 18.6 Å². The molecular weight excluding hydrogens is 835 g/mol. The van der Waals surface area contributed by atoms with Crippen LogP contribution in [0.3, 0.4) is 0 Å². The van der Waals surface area contributed by atoms with Crippen LogP contribution in [0.5, 0.6) is 17.2 Å². The van der Waals surface area contributed by atoms with Gasteiger partial charge >= 0.3 is 0 Å². The van der Waals surface area contributed by atoms with Gasteiger partial charge in [-0.1, -0.05) is 30.8 Å². The number of nitrogens with one attached hydrogen (secondary N) is 3. The predicted octanol–water partition coefficient (Wildman–Crippen LogP) is 0.877. The molecule has 2 aromatic rings. The number of hydrogen-bond acceptors (Lipinski definition) is 18. The van der Waals surface area contributed by atoms with Crippen molar-refractivity contribution in [1.82, 2.24) is 16.3 Å². The fourth-order valence-electron chi connectivity index (χ4n) is 7.16. The Hall–Kier alpha value is -5.29. The monoisotopic (exact) mass is 887 g/mol. The van der Waals surface area contributed by atoms with E-state index in [4.69, 9.17) is 19.9 Å². The summed E-state index contributed by atoms with van der Waals surface area (Å²) in [5, 5.41) is 60.3. The van der Waals surface area contributed by atoms with Crippen LogP contribution in [0.4, 0.5) is 0 Å². The lowest BCUT2D eigenvalue weighted by Gasteiger charge is -2.43. The number of hydrazone groups is 1. The molecule has 6 atom stereocenters. The van der Waals surface area contributed by atoms with Crippen LogP contribution in [-0.2, 0) is 39.9 Å². The van der Waals surface area contributed by atoms with Crippen molar-refractivity contribution in [3.05, 3.63) is 51.6 Å². The molecule has 0 radical (unpaired) electrons. The topological polar surface area (TPSA) is 323 Å². The van der Waals surface area contributed by atoms with E-state index in [-0.39, 0.29) is 70.3 Å². The molecule has 10 N–H and O–H groups in total. The summed E-state index contributed by atoms with van der Waals surface area (Å²) in [5.41, 5.74) is 8.69. The van der Waals surface area contributed by atoms with E-state index < -0.39 is 108 Å². The molecule has 3 aliphatic rings. The summed E-state index contributed by atoms with van der Waals surface area (Å²) < 4.78 is 17.4. The van der Waals surface area contributed by atoms with Crippen LogP contribution >= 0.6 is 11.8 Å². The lowest BCUT2D eigenvalue weighted by atomic mass is 9.71. The Bertz CT molecular complexity index is 2100. The molecule has 21 heteroatoms. The number of methoxy groups -OCH3 is 1. The lowest BCUT2D eigenvalue weighted by molar-refractivity contribution is -0.245. The Kier molecular flexibility index (Phi) is 17.3. The summed E-state index contributed by atoms with van der Waals surface area (Å²) in [6, 6.07) is 3.55. The third-order valence-corrected chi connectivity index (χ3v) is 11.3. The molecule has 4 unspecified atom stereocenters. The SMILES string of the molecule is CCC(=O)CSC(C)=O.COc1cccc2c1C(=O)c1c(O)c3c(c(O)c1C2=O)C[C@@](O)(/C(CO)=N\NC(=O)CCCCC(=O)NNC(C)=O)C[C@@H]3OC1CC(N)C(O)C(C)O1. The fourth-order valence-corrected chi connectivity index (χ4v) is 7.73. The van der Waals surface area contributed by atoms with Gasteiger partial charge < -0.3 is 45.5 Å². The number of hydrogen-bond donors (Lipinski definition) is 9. The van der Waals surface area contributed by atoms with Crippen molar-refractivity contribution in [3.63, 3.8) is 0 Å². The number of ketones is 3. The molecule has 338 valence electrons. The number of aromatic hydroxyl groups is 2. The van der Waals surface area contributed by atoms with Crippen molar-refractivity contribution in [2.45, 2.75) is 115 Å². The summed E-state index contributed by atoms with van der Waals surface area (Å²) in [5.74, 6) is -3.98. The molecule has 0 bridgehead atoms. The van der Waals surface area contributed by atoms with Gasteiger partial charge in [0.05, 0.1) is 60.2 Å². The third-order valence-electron chi connectivity index (χ3n) is 10.4. The Labute approximate surface area is 360 Å². The molecule has 2 aromatic carbocycles. The molecule has 62 heavy (non-hydrogen) atoms. The van der Waals surface area contributed by atoms with E-state index in [1.807, 2.05) is 0 Å². The number of nitrogens with zero attached hydrogens (tertiary/aromatic N) is 1. The van der Waals surface area contributed by atoms with Gasteiger partial charge in [-0.25, -0.2) is 5.43 Å². The van der Waals surface area contributed by atoms with E-state index >= 15 is 0 Å². The number of hydrazine groups is 1. The molecule has 3 amide bonds. The van der Waals surface area contributed by atoms with Crippen LogP contribution in [0.25, 0.3) is 0 Å². The maximum absolute atomic E-state index is 13.9. The van der Waals surface area contributed by atoms with Crippen molar-refractivity contribution in [3.8, 4) is 17.2 Å². The number of aliphatic hydroxyl groups is 3. The minimum Gasteiger partial charge on any atom is -0.507 e. The molecule has 1 saturated heterocycles. The Morgan fingerprint density at radius 3 is 2.26 bits per heavy atom. The zero-order valence-corrected chi connectivity index (χ0v) is 35.8. The van der Waals surface area contributed by atoms with Gasteiger partial charge in [-0.15, -0.1) is 0 Å². The van der Waals surface area contributed by atoms with Crippen LogP contribution in [-0.4, -0.2) is 121 Å². The fraction of sp³-hybridized carbons (Fsp3) is 0.512. The van der Waals surface area contributed by atoms with Crippen molar-refractivity contribution in [1.29, 1.82) is 0 Å². The number of aliphatic hydroxyl groups excluding tert-OH is 2. The number of carbonyl (C=O) groups is 7. The smallest absolute Gasteiger partial charge is 0.240 e. The van der Waals surface area contributed by atoms with Gasteiger partial charge in [-0.3, -0.25) is 44.4 Å². The van der Waals surface area contributed by atoms with Crippen LogP contribution < -0.4 is 26.7 Å². The number of amides is 3. The molecule has 1 aliphatic heterocycles. The third kappa shape index (κ3) is 11.6. The average Bonchev–Trinajstić information content (AvgIpc) is 3.22. The van der Waals surface area contributed by atoms with Gasteiger partial charge in [-0.2, -0.15) is 5.10 Å². The molecule has 0 spiro atoms. The average molecular weight is 888 g/mol. The summed E-state index contributed by atoms with van der Waals surface area (Å²) >= 11 is 1.08. The zero-order valence-electron chi connectivity index (χ0n) is 34.9. The first-order valence-corrected chi connectivity index (χ1v) is 20.8. The maximum atomic E-state index is 13.9. The molecule has 20 nitrogen and oxygen atoms in total. The summed E-state index contributed by atoms with van der Waals surface area (Å²) in [6.07, 6.45) is -4.33. The largest absolute Gasteiger partial charge is 0.507 e. The van der Waals surface area contributed by atoms with Gasteiger partial charge in [0, 0.05) is 75.1 Å². The quantitative estimate of drug-likeness (QED) is 0.0469. The number of phenols is 2. The highest BCUT2D eigenvalue weighted by Gasteiger charge is 2.49. The molecule has 5 rings (SSSR count). The van der Waals surface area contributed by atoms with Crippen molar-refractivity contribution < 1.29 is 73.3 Å². The van der Waals surface area contributed by atoms with Gasteiger partial charge in [0.2, 0.25) is 23.5 Å². The van der Waals surface area contributed by atoms with E-state index in [2.05, 4.69) is 21.4 Å². The van der Waals surface area contributed by atoms with Gasteiger partial charge in [0.25, 0.3) is 0 Å². The van der Waals surface area contributed by atoms with Crippen LogP contribution in [0, 0.1) is 0 Å². The summed E-state index contributed by atoms with van der Waals surface area (Å²) in [7, 11) is 1.31. The number of Topliss-reactive ketones (excluding diaryl/α,β-unsaturated/α-hetero) is 1. The number of thioether (sulfide) groups is 1. The van der Waals surface area contributed by atoms with E-state index in [0.717, 1.165) is 11.8 Å². The minimum absolute atomic E-state index is 0.0109.